The lowest BCUT2D eigenvalue weighted by Crippen LogP contribution is -2.20. The number of Topliss-reactive ketones (excluding diaryl/α,β-unsaturated/α-hetero) is 1. The van der Waals surface area contributed by atoms with Crippen LogP contribution in [0.15, 0.2) is 47.9 Å². The molecular weight excluding hydrogens is 288 g/mol. The van der Waals surface area contributed by atoms with Crippen LogP contribution in [0.1, 0.15) is 17.3 Å². The van der Waals surface area contributed by atoms with Gasteiger partial charge in [-0.05, 0) is 37.3 Å². The smallest absolute Gasteiger partial charge is 0.187 e. The van der Waals surface area contributed by atoms with Crippen molar-refractivity contribution in [3.05, 3.63) is 48.3 Å². The number of carbonyl (C=O) groups is 1. The van der Waals surface area contributed by atoms with Crippen molar-refractivity contribution in [2.75, 3.05) is 12.4 Å². The van der Waals surface area contributed by atoms with Crippen LogP contribution < -0.4 is 4.74 Å². The highest BCUT2D eigenvalue weighted by atomic mass is 32.2. The molecule has 0 radical (unpaired) electrons. The topological polar surface area (TPSA) is 72.3 Å². The molecule has 1 atom stereocenters. The Morgan fingerprint density at radius 1 is 1.29 bits per heavy atom. The first kappa shape index (κ1) is 15.5. The van der Waals surface area contributed by atoms with E-state index in [2.05, 4.69) is 9.97 Å². The van der Waals surface area contributed by atoms with E-state index in [9.17, 15) is 9.90 Å². The fourth-order valence-electron chi connectivity index (χ4n) is 1.56. The molecule has 6 heteroatoms. The van der Waals surface area contributed by atoms with Gasteiger partial charge in [-0.25, -0.2) is 9.97 Å². The van der Waals surface area contributed by atoms with Gasteiger partial charge in [-0.3, -0.25) is 4.79 Å². The van der Waals surface area contributed by atoms with E-state index in [0.29, 0.717) is 22.2 Å². The SMILES string of the molecule is CC(=O)c1ccc(OC[C@@H](O)CSc2ncccn2)cc1. The highest BCUT2D eigenvalue weighted by Crippen LogP contribution is 2.15. The van der Waals surface area contributed by atoms with Gasteiger partial charge >= 0.3 is 0 Å². The largest absolute Gasteiger partial charge is 0.491 e. The van der Waals surface area contributed by atoms with Crippen LogP contribution in [0.5, 0.6) is 5.75 Å². The molecule has 0 fully saturated rings. The van der Waals surface area contributed by atoms with Crippen LogP contribution in [-0.4, -0.2) is 39.3 Å². The number of rotatable bonds is 7. The van der Waals surface area contributed by atoms with E-state index in [0.717, 1.165) is 0 Å². The molecule has 2 aromatic rings. The highest BCUT2D eigenvalue weighted by molar-refractivity contribution is 7.99. The maximum absolute atomic E-state index is 11.1. The Bertz CT molecular complexity index is 575. The molecule has 0 unspecified atom stereocenters. The minimum absolute atomic E-state index is 0.0147. The number of aliphatic hydroxyl groups is 1. The maximum Gasteiger partial charge on any atom is 0.187 e. The fraction of sp³-hybridized carbons (Fsp3) is 0.267. The number of ketones is 1. The van der Waals surface area contributed by atoms with Crippen LogP contribution in [0, 0.1) is 0 Å². The van der Waals surface area contributed by atoms with E-state index in [1.165, 1.54) is 18.7 Å². The number of ether oxygens (including phenoxy) is 1. The van der Waals surface area contributed by atoms with Crippen molar-refractivity contribution in [3.63, 3.8) is 0 Å². The highest BCUT2D eigenvalue weighted by Gasteiger charge is 2.08. The Balaban J connectivity index is 1.75. The predicted molar refractivity (Wildman–Crippen MR) is 80.7 cm³/mol. The van der Waals surface area contributed by atoms with Crippen LogP contribution in [0.2, 0.25) is 0 Å². The monoisotopic (exact) mass is 304 g/mol. The number of nitrogens with zero attached hydrogens (tertiary/aromatic N) is 2. The van der Waals surface area contributed by atoms with Gasteiger partial charge in [-0.15, -0.1) is 0 Å². The third-order valence-electron chi connectivity index (χ3n) is 2.65. The van der Waals surface area contributed by atoms with Gasteiger partial charge in [0.15, 0.2) is 10.9 Å². The molecule has 110 valence electrons. The van der Waals surface area contributed by atoms with Crippen molar-refractivity contribution < 1.29 is 14.6 Å². The van der Waals surface area contributed by atoms with Crippen molar-refractivity contribution in [2.24, 2.45) is 0 Å². The molecule has 0 amide bonds. The zero-order valence-electron chi connectivity index (χ0n) is 11.6. The van der Waals surface area contributed by atoms with Crippen molar-refractivity contribution in [2.45, 2.75) is 18.2 Å². The zero-order valence-corrected chi connectivity index (χ0v) is 12.4. The van der Waals surface area contributed by atoms with Crippen molar-refractivity contribution >= 4 is 17.5 Å². The number of hydrogen-bond acceptors (Lipinski definition) is 6. The van der Waals surface area contributed by atoms with E-state index >= 15 is 0 Å². The van der Waals surface area contributed by atoms with Gasteiger partial charge in [0.2, 0.25) is 0 Å². The van der Waals surface area contributed by atoms with Gasteiger partial charge < -0.3 is 9.84 Å². The second-order valence-corrected chi connectivity index (χ2v) is 5.37. The third kappa shape index (κ3) is 5.17. The quantitative estimate of drug-likeness (QED) is 0.480. The van der Waals surface area contributed by atoms with Gasteiger partial charge in [-0.1, -0.05) is 11.8 Å². The Morgan fingerprint density at radius 2 is 1.95 bits per heavy atom. The summed E-state index contributed by atoms with van der Waals surface area (Å²) in [5.41, 5.74) is 0.639. The van der Waals surface area contributed by atoms with Gasteiger partial charge in [-0.2, -0.15) is 0 Å². The second kappa shape index (κ2) is 7.75. The summed E-state index contributed by atoms with van der Waals surface area (Å²) in [5.74, 6) is 1.09. The summed E-state index contributed by atoms with van der Waals surface area (Å²) in [5, 5.41) is 10.5. The molecule has 2 rings (SSSR count). The molecule has 1 aromatic heterocycles. The first-order valence-electron chi connectivity index (χ1n) is 6.47. The van der Waals surface area contributed by atoms with E-state index in [-0.39, 0.29) is 12.4 Å². The molecule has 1 aromatic carbocycles. The van der Waals surface area contributed by atoms with Crippen LogP contribution >= 0.6 is 11.8 Å². The summed E-state index contributed by atoms with van der Waals surface area (Å²) < 4.78 is 5.48. The Morgan fingerprint density at radius 3 is 2.57 bits per heavy atom. The van der Waals surface area contributed by atoms with Crippen molar-refractivity contribution in [3.8, 4) is 5.75 Å². The minimum Gasteiger partial charge on any atom is -0.491 e. The predicted octanol–water partition coefficient (Wildman–Crippen LogP) is 2.21. The molecule has 0 saturated heterocycles. The molecule has 5 nitrogen and oxygen atoms in total. The molecule has 0 aliphatic heterocycles. The average molecular weight is 304 g/mol. The Labute approximate surface area is 127 Å². The normalized spacial score (nSPS) is 11.9. The van der Waals surface area contributed by atoms with Crippen molar-refractivity contribution in [1.29, 1.82) is 0 Å². The van der Waals surface area contributed by atoms with Crippen LogP contribution in [0.4, 0.5) is 0 Å². The van der Waals surface area contributed by atoms with Gasteiger partial charge in [0.05, 0.1) is 6.10 Å². The lowest BCUT2D eigenvalue weighted by molar-refractivity contribution is 0.101. The summed E-state index contributed by atoms with van der Waals surface area (Å²) in [7, 11) is 0. The maximum atomic E-state index is 11.1. The van der Waals surface area contributed by atoms with E-state index in [1.54, 1.807) is 42.7 Å². The summed E-state index contributed by atoms with van der Waals surface area (Å²) in [6.45, 7) is 1.70. The summed E-state index contributed by atoms with van der Waals surface area (Å²) in [6.07, 6.45) is 2.70. The summed E-state index contributed by atoms with van der Waals surface area (Å²) >= 11 is 1.37. The summed E-state index contributed by atoms with van der Waals surface area (Å²) in [4.78, 5) is 19.3. The molecule has 1 heterocycles. The van der Waals surface area contributed by atoms with Gasteiger partial charge in [0.1, 0.15) is 12.4 Å². The molecule has 0 aliphatic rings. The lowest BCUT2D eigenvalue weighted by atomic mass is 10.1. The summed E-state index contributed by atoms with van der Waals surface area (Å²) in [6, 6.07) is 8.59. The average Bonchev–Trinajstić information content (AvgIpc) is 2.52. The molecule has 21 heavy (non-hydrogen) atoms. The number of benzene rings is 1. The molecule has 0 aliphatic carbocycles. The van der Waals surface area contributed by atoms with Crippen LogP contribution in [0.3, 0.4) is 0 Å². The molecule has 0 spiro atoms. The van der Waals surface area contributed by atoms with Gasteiger partial charge in [0.25, 0.3) is 0 Å². The van der Waals surface area contributed by atoms with Crippen LogP contribution in [-0.2, 0) is 0 Å². The number of hydrogen-bond donors (Lipinski definition) is 1. The van der Waals surface area contributed by atoms with E-state index in [4.69, 9.17) is 4.74 Å². The fourth-order valence-corrected chi connectivity index (χ4v) is 2.27. The number of aromatic nitrogens is 2. The standard InChI is InChI=1S/C15H16N2O3S/c1-11(18)12-3-5-14(6-4-12)20-9-13(19)10-21-15-16-7-2-8-17-15/h2-8,13,19H,9-10H2,1H3/t13-/m1/s1. The van der Waals surface area contributed by atoms with Crippen LogP contribution in [0.25, 0.3) is 0 Å². The first-order chi connectivity index (χ1) is 10.1. The molecule has 1 N–H and O–H groups in total. The molecular formula is C15H16N2O3S. The first-order valence-corrected chi connectivity index (χ1v) is 7.45. The number of carbonyl (C=O) groups excluding carboxylic acids is 1. The van der Waals surface area contributed by atoms with E-state index < -0.39 is 6.10 Å². The Kier molecular flexibility index (Phi) is 5.71. The molecule has 0 bridgehead atoms. The lowest BCUT2D eigenvalue weighted by Gasteiger charge is -2.11. The van der Waals surface area contributed by atoms with Crippen molar-refractivity contribution in [1.82, 2.24) is 9.97 Å². The number of aliphatic hydroxyl groups excluding tert-OH is 1. The third-order valence-corrected chi connectivity index (χ3v) is 3.67. The molecule has 0 saturated carbocycles. The second-order valence-electron chi connectivity index (χ2n) is 4.39. The Hall–Kier alpha value is -1.92. The number of thioether (sulfide) groups is 1. The minimum atomic E-state index is -0.619. The zero-order chi connectivity index (χ0) is 15.1. The van der Waals surface area contributed by atoms with E-state index in [1.807, 2.05) is 0 Å². The van der Waals surface area contributed by atoms with Gasteiger partial charge in [0, 0.05) is 23.7 Å².